The third kappa shape index (κ3) is 8.34. The molecule has 0 spiro atoms. The SMILES string of the molecule is CC(C)[C@@H](NC(=O)OC(C)(C)C)c1nc(C(=O)N[C@H](C(N)=O)[C@@H](C)O[Si](c2ccccc2)(c2ccccc2)C(C)(C)C)cs1. The highest BCUT2D eigenvalue weighted by Crippen LogP contribution is 2.38. The Hall–Kier alpha value is -3.54. The number of thiazole rings is 1. The zero-order valence-electron chi connectivity index (χ0n) is 27.1. The number of nitrogens with one attached hydrogen (secondary N) is 2. The Morgan fingerprint density at radius 3 is 1.82 bits per heavy atom. The van der Waals surface area contributed by atoms with Crippen molar-refractivity contribution in [3.63, 3.8) is 0 Å². The third-order valence-electron chi connectivity index (χ3n) is 7.20. The second kappa shape index (κ2) is 14.0. The molecule has 3 aromatic rings. The van der Waals surface area contributed by atoms with E-state index in [1.165, 1.54) is 11.3 Å². The zero-order chi connectivity index (χ0) is 32.9. The summed E-state index contributed by atoms with van der Waals surface area (Å²) in [5, 5.41) is 9.52. The molecule has 11 heteroatoms. The largest absolute Gasteiger partial charge is 0.444 e. The van der Waals surface area contributed by atoms with E-state index < -0.39 is 50.0 Å². The molecule has 3 amide bonds. The van der Waals surface area contributed by atoms with Gasteiger partial charge in [0, 0.05) is 5.38 Å². The van der Waals surface area contributed by atoms with Crippen molar-refractivity contribution in [3.8, 4) is 0 Å². The number of alkyl carbamates (subject to hydrolysis) is 1. The quantitative estimate of drug-likeness (QED) is 0.256. The van der Waals surface area contributed by atoms with Gasteiger partial charge in [0.05, 0.1) is 12.1 Å². The van der Waals surface area contributed by atoms with Crippen molar-refractivity contribution in [3.05, 3.63) is 76.7 Å². The molecule has 3 rings (SSSR count). The molecule has 9 nitrogen and oxygen atoms in total. The summed E-state index contributed by atoms with van der Waals surface area (Å²) in [7, 11) is -3.03. The highest BCUT2D eigenvalue weighted by Gasteiger charge is 2.52. The van der Waals surface area contributed by atoms with Gasteiger partial charge in [-0.3, -0.25) is 9.59 Å². The molecular weight excluding hydrogens is 593 g/mol. The van der Waals surface area contributed by atoms with Crippen LogP contribution in [0.1, 0.15) is 83.9 Å². The number of aromatic nitrogens is 1. The Morgan fingerprint density at radius 2 is 1.39 bits per heavy atom. The first-order chi connectivity index (χ1) is 20.5. The maximum Gasteiger partial charge on any atom is 0.408 e. The number of benzene rings is 2. The first-order valence-corrected chi connectivity index (χ1v) is 17.6. The summed E-state index contributed by atoms with van der Waals surface area (Å²) in [6, 6.07) is 18.5. The molecule has 0 aliphatic rings. The van der Waals surface area contributed by atoms with Gasteiger partial charge >= 0.3 is 6.09 Å². The highest BCUT2D eigenvalue weighted by atomic mass is 32.1. The Morgan fingerprint density at radius 1 is 0.864 bits per heavy atom. The lowest BCUT2D eigenvalue weighted by atomic mass is 10.1. The van der Waals surface area contributed by atoms with Gasteiger partial charge < -0.3 is 25.5 Å². The van der Waals surface area contributed by atoms with Crippen LogP contribution in [0.15, 0.2) is 66.0 Å². The summed E-state index contributed by atoms with van der Waals surface area (Å²) in [5.41, 5.74) is 5.33. The summed E-state index contributed by atoms with van der Waals surface area (Å²) < 4.78 is 12.4. The molecule has 0 unspecified atom stereocenters. The highest BCUT2D eigenvalue weighted by molar-refractivity contribution is 7.10. The van der Waals surface area contributed by atoms with Crippen LogP contribution in [-0.2, 0) is 14.0 Å². The van der Waals surface area contributed by atoms with E-state index in [0.717, 1.165) is 10.4 Å². The smallest absolute Gasteiger partial charge is 0.408 e. The fourth-order valence-electron chi connectivity index (χ4n) is 5.16. The maximum absolute atomic E-state index is 13.5. The van der Waals surface area contributed by atoms with Crippen LogP contribution in [0, 0.1) is 5.92 Å². The Bertz CT molecular complexity index is 1380. The molecule has 0 aliphatic heterocycles. The Balaban J connectivity index is 1.90. The number of primary amides is 1. The number of hydrogen-bond donors (Lipinski definition) is 3. The molecular formula is C33H46N4O5SSi. The normalized spacial score (nSPS) is 14.4. The molecule has 1 heterocycles. The molecule has 1 aromatic heterocycles. The minimum atomic E-state index is -3.03. The fourth-order valence-corrected chi connectivity index (χ4v) is 10.9. The fraction of sp³-hybridized carbons (Fsp3) is 0.455. The molecule has 3 atom stereocenters. The molecule has 0 fully saturated rings. The van der Waals surface area contributed by atoms with E-state index in [-0.39, 0.29) is 16.7 Å². The van der Waals surface area contributed by atoms with Gasteiger partial charge in [-0.2, -0.15) is 0 Å². The van der Waals surface area contributed by atoms with Crippen molar-refractivity contribution < 1.29 is 23.5 Å². The predicted molar refractivity (Wildman–Crippen MR) is 178 cm³/mol. The molecule has 0 aliphatic carbocycles. The number of nitrogens with two attached hydrogens (primary N) is 1. The first-order valence-electron chi connectivity index (χ1n) is 14.8. The maximum atomic E-state index is 13.5. The van der Waals surface area contributed by atoms with Crippen LogP contribution >= 0.6 is 11.3 Å². The van der Waals surface area contributed by atoms with Crippen LogP contribution in [0.25, 0.3) is 0 Å². The Kier molecular flexibility index (Phi) is 11.2. The molecule has 0 saturated carbocycles. The monoisotopic (exact) mass is 638 g/mol. The number of carbonyl (C=O) groups is 3. The predicted octanol–water partition coefficient (Wildman–Crippen LogP) is 4.91. The van der Waals surface area contributed by atoms with Gasteiger partial charge in [0.25, 0.3) is 14.2 Å². The number of ether oxygens (including phenoxy) is 1. The van der Waals surface area contributed by atoms with Gasteiger partial charge in [0.1, 0.15) is 22.3 Å². The van der Waals surface area contributed by atoms with Gasteiger partial charge in [-0.1, -0.05) is 95.3 Å². The standard InChI is InChI=1S/C33H46N4O5SSi/c1-21(2)26(37-31(40)41-32(4,5)6)30-35-25(20-43-30)29(39)36-27(28(34)38)22(3)42-44(33(7,8)9,23-16-12-10-13-17-23)24-18-14-11-15-19-24/h10-22,26-27H,1-9H3,(H2,34,38)(H,36,39)(H,37,40)/t22-,26-,27+/m1/s1. The molecule has 44 heavy (non-hydrogen) atoms. The molecule has 0 bridgehead atoms. The van der Waals surface area contributed by atoms with Crippen LogP contribution in [0.2, 0.25) is 5.04 Å². The molecule has 4 N–H and O–H groups in total. The summed E-state index contributed by atoms with van der Waals surface area (Å²) in [6.45, 7) is 17.4. The van der Waals surface area contributed by atoms with Crippen molar-refractivity contribution in [2.75, 3.05) is 0 Å². The summed E-state index contributed by atoms with van der Waals surface area (Å²) >= 11 is 1.24. The van der Waals surface area contributed by atoms with Crippen LogP contribution in [0.3, 0.4) is 0 Å². The average molecular weight is 639 g/mol. The number of hydrogen-bond acceptors (Lipinski definition) is 7. The van der Waals surface area contributed by atoms with Crippen molar-refractivity contribution in [1.82, 2.24) is 15.6 Å². The van der Waals surface area contributed by atoms with Gasteiger partial charge in [-0.15, -0.1) is 11.3 Å². The third-order valence-corrected chi connectivity index (χ3v) is 13.3. The minimum Gasteiger partial charge on any atom is -0.444 e. The van der Waals surface area contributed by atoms with Crippen LogP contribution < -0.4 is 26.7 Å². The van der Waals surface area contributed by atoms with E-state index in [4.69, 9.17) is 14.9 Å². The van der Waals surface area contributed by atoms with Gasteiger partial charge in [0.2, 0.25) is 5.91 Å². The van der Waals surface area contributed by atoms with E-state index in [0.29, 0.717) is 5.01 Å². The Labute approximate surface area is 266 Å². The number of rotatable bonds is 11. The van der Waals surface area contributed by atoms with E-state index in [2.05, 4.69) is 60.7 Å². The number of nitrogens with zero attached hydrogens (tertiary/aromatic N) is 1. The lowest BCUT2D eigenvalue weighted by molar-refractivity contribution is -0.121. The topological polar surface area (TPSA) is 133 Å². The molecule has 0 radical (unpaired) electrons. The lowest BCUT2D eigenvalue weighted by Gasteiger charge is -2.45. The lowest BCUT2D eigenvalue weighted by Crippen LogP contribution is -2.69. The summed E-state index contributed by atoms with van der Waals surface area (Å²) in [4.78, 5) is 43.3. The summed E-state index contributed by atoms with van der Waals surface area (Å²) in [6.07, 6.45) is -1.33. The van der Waals surface area contributed by atoms with Crippen LogP contribution in [0.5, 0.6) is 0 Å². The van der Waals surface area contributed by atoms with Gasteiger partial charge in [-0.25, -0.2) is 9.78 Å². The van der Waals surface area contributed by atoms with E-state index >= 15 is 0 Å². The molecule has 0 saturated heterocycles. The van der Waals surface area contributed by atoms with E-state index in [1.807, 2.05) is 50.2 Å². The second-order valence-electron chi connectivity index (χ2n) is 13.3. The summed E-state index contributed by atoms with van der Waals surface area (Å²) in [5.74, 6) is -1.30. The van der Waals surface area contributed by atoms with Gasteiger partial charge in [-0.05, 0) is 49.0 Å². The second-order valence-corrected chi connectivity index (χ2v) is 18.4. The van der Waals surface area contributed by atoms with Crippen molar-refractivity contribution in [2.24, 2.45) is 11.7 Å². The van der Waals surface area contributed by atoms with Crippen LogP contribution in [0.4, 0.5) is 4.79 Å². The van der Waals surface area contributed by atoms with Gasteiger partial charge in [0.15, 0.2) is 0 Å². The molecule has 238 valence electrons. The van der Waals surface area contributed by atoms with Crippen molar-refractivity contribution in [2.45, 2.75) is 91.1 Å². The van der Waals surface area contributed by atoms with Crippen molar-refractivity contribution >= 4 is 47.9 Å². The van der Waals surface area contributed by atoms with Crippen LogP contribution in [-0.4, -0.2) is 49.0 Å². The zero-order valence-corrected chi connectivity index (χ0v) is 29.0. The first kappa shape index (κ1) is 34.9. The molecule has 2 aromatic carbocycles. The van der Waals surface area contributed by atoms with Crippen molar-refractivity contribution in [1.29, 1.82) is 0 Å². The van der Waals surface area contributed by atoms with E-state index in [1.54, 1.807) is 33.1 Å². The number of amides is 3. The van der Waals surface area contributed by atoms with E-state index in [9.17, 15) is 14.4 Å². The average Bonchev–Trinajstić information content (AvgIpc) is 3.42. The minimum absolute atomic E-state index is 0.0252. The number of carbonyl (C=O) groups excluding carboxylic acids is 3.